The number of ether oxygens (including phenoxy) is 2. The summed E-state index contributed by atoms with van der Waals surface area (Å²) in [6.07, 6.45) is 4.31. The molecule has 33 heavy (non-hydrogen) atoms. The molecule has 1 unspecified atom stereocenters. The quantitative estimate of drug-likeness (QED) is 0.687. The highest BCUT2D eigenvalue weighted by Gasteiger charge is 2.33. The fourth-order valence-corrected chi connectivity index (χ4v) is 6.17. The minimum atomic E-state index is -3.81. The van der Waals surface area contributed by atoms with Gasteiger partial charge in [0.15, 0.2) is 5.82 Å². The van der Waals surface area contributed by atoms with Gasteiger partial charge < -0.3 is 19.7 Å². The van der Waals surface area contributed by atoms with Crippen molar-refractivity contribution in [2.24, 2.45) is 0 Å². The Morgan fingerprint density at radius 3 is 2.70 bits per heavy atom. The van der Waals surface area contributed by atoms with Crippen molar-refractivity contribution in [2.45, 2.75) is 37.1 Å². The number of amides is 1. The number of anilines is 2. The van der Waals surface area contributed by atoms with Crippen molar-refractivity contribution >= 4 is 27.4 Å². The van der Waals surface area contributed by atoms with Crippen LogP contribution < -0.4 is 15.0 Å². The average molecular weight is 475 g/mol. The van der Waals surface area contributed by atoms with Crippen molar-refractivity contribution in [1.29, 1.82) is 0 Å². The van der Waals surface area contributed by atoms with Crippen LogP contribution >= 0.6 is 0 Å². The molecule has 2 aliphatic rings. The molecule has 0 spiro atoms. The molecule has 1 atom stereocenters. The zero-order valence-corrected chi connectivity index (χ0v) is 19.8. The molecule has 1 aromatic heterocycles. The maximum absolute atomic E-state index is 13.5. The number of nitrogens with one attached hydrogen (secondary N) is 1. The normalized spacial score (nSPS) is 19.8. The Morgan fingerprint density at radius 2 is 1.97 bits per heavy atom. The lowest BCUT2D eigenvalue weighted by molar-refractivity contribution is 0.102. The fourth-order valence-electron chi connectivity index (χ4n) is 4.29. The van der Waals surface area contributed by atoms with Gasteiger partial charge in [-0.15, -0.1) is 0 Å². The summed E-state index contributed by atoms with van der Waals surface area (Å²) in [6, 6.07) is 7.93. The standard InChI is InChI=1S/C23H30N4O5S/c1-17-6-3-4-11-27(17)33(29,30)21-16-18(8-9-20(21)31-2)23(28)25-19-7-5-10-24-22(19)26-12-14-32-15-13-26/h5,7-10,16-17H,3-4,6,11-15H2,1-2H3,(H,25,28). The van der Waals surface area contributed by atoms with Crippen molar-refractivity contribution in [3.8, 4) is 5.75 Å². The van der Waals surface area contributed by atoms with Crippen molar-refractivity contribution < 1.29 is 22.7 Å². The van der Waals surface area contributed by atoms with Crippen molar-refractivity contribution in [1.82, 2.24) is 9.29 Å². The minimum absolute atomic E-state index is 0.00555. The fraction of sp³-hybridized carbons (Fsp3) is 0.478. The van der Waals surface area contributed by atoms with Crippen LogP contribution in [-0.2, 0) is 14.8 Å². The monoisotopic (exact) mass is 474 g/mol. The SMILES string of the molecule is COc1ccc(C(=O)Nc2cccnc2N2CCOCC2)cc1S(=O)(=O)N1CCCCC1C. The summed E-state index contributed by atoms with van der Waals surface area (Å²) in [5.74, 6) is 0.473. The highest BCUT2D eigenvalue weighted by molar-refractivity contribution is 7.89. The first-order chi connectivity index (χ1) is 15.9. The van der Waals surface area contributed by atoms with Crippen LogP contribution in [0, 0.1) is 0 Å². The van der Waals surface area contributed by atoms with Gasteiger partial charge in [0.1, 0.15) is 10.6 Å². The zero-order valence-electron chi connectivity index (χ0n) is 19.0. The number of carbonyl (C=O) groups excluding carboxylic acids is 1. The van der Waals surface area contributed by atoms with Crippen LogP contribution in [0.3, 0.4) is 0 Å². The van der Waals surface area contributed by atoms with Crippen molar-refractivity contribution in [3.05, 3.63) is 42.1 Å². The number of sulfonamides is 1. The molecule has 2 aromatic rings. The van der Waals surface area contributed by atoms with Gasteiger partial charge in [-0.25, -0.2) is 13.4 Å². The Bertz CT molecular complexity index is 1100. The molecule has 2 saturated heterocycles. The molecule has 2 aliphatic heterocycles. The van der Waals surface area contributed by atoms with E-state index in [4.69, 9.17) is 9.47 Å². The van der Waals surface area contributed by atoms with Crippen LogP contribution in [0.5, 0.6) is 5.75 Å². The number of hydrogen-bond acceptors (Lipinski definition) is 7. The number of rotatable bonds is 6. The molecule has 10 heteroatoms. The van der Waals surface area contributed by atoms with Gasteiger partial charge in [-0.05, 0) is 50.1 Å². The highest BCUT2D eigenvalue weighted by atomic mass is 32.2. The molecular formula is C23H30N4O5S. The number of piperidine rings is 1. The number of methoxy groups -OCH3 is 1. The molecule has 0 bridgehead atoms. The van der Waals surface area contributed by atoms with Crippen LogP contribution in [0.2, 0.25) is 0 Å². The highest BCUT2D eigenvalue weighted by Crippen LogP contribution is 2.32. The van der Waals surface area contributed by atoms with E-state index in [0.29, 0.717) is 44.4 Å². The molecule has 0 aliphatic carbocycles. The minimum Gasteiger partial charge on any atom is -0.495 e. The summed E-state index contributed by atoms with van der Waals surface area (Å²) >= 11 is 0. The average Bonchev–Trinajstić information content (AvgIpc) is 2.84. The van der Waals surface area contributed by atoms with Gasteiger partial charge in [0.2, 0.25) is 10.0 Å². The van der Waals surface area contributed by atoms with E-state index in [1.54, 1.807) is 24.4 Å². The second kappa shape index (κ2) is 10.1. The molecule has 1 amide bonds. The number of benzene rings is 1. The van der Waals surface area contributed by atoms with E-state index in [1.807, 2.05) is 6.92 Å². The van der Waals surface area contributed by atoms with E-state index < -0.39 is 15.9 Å². The van der Waals surface area contributed by atoms with Gasteiger partial charge in [-0.1, -0.05) is 6.42 Å². The summed E-state index contributed by atoms with van der Waals surface area (Å²) in [4.78, 5) is 19.6. The van der Waals surface area contributed by atoms with Gasteiger partial charge in [0.25, 0.3) is 5.91 Å². The third-order valence-corrected chi connectivity index (χ3v) is 8.13. The van der Waals surface area contributed by atoms with Crippen LogP contribution in [-0.4, -0.2) is 69.6 Å². The van der Waals surface area contributed by atoms with Crippen LogP contribution in [0.25, 0.3) is 0 Å². The van der Waals surface area contributed by atoms with Crippen LogP contribution in [0.15, 0.2) is 41.4 Å². The number of hydrogen-bond donors (Lipinski definition) is 1. The number of carbonyl (C=O) groups is 1. The predicted molar refractivity (Wildman–Crippen MR) is 125 cm³/mol. The van der Waals surface area contributed by atoms with Crippen molar-refractivity contribution in [2.75, 3.05) is 50.2 Å². The van der Waals surface area contributed by atoms with E-state index >= 15 is 0 Å². The summed E-state index contributed by atoms with van der Waals surface area (Å²) in [5.41, 5.74) is 0.796. The third-order valence-electron chi connectivity index (χ3n) is 6.10. The number of morpholine rings is 1. The van der Waals surface area contributed by atoms with Gasteiger partial charge in [0.05, 0.1) is 26.0 Å². The lowest BCUT2D eigenvalue weighted by Gasteiger charge is -2.32. The van der Waals surface area contributed by atoms with E-state index in [2.05, 4.69) is 15.2 Å². The van der Waals surface area contributed by atoms with E-state index in [-0.39, 0.29) is 22.3 Å². The van der Waals surface area contributed by atoms with Crippen LogP contribution in [0.1, 0.15) is 36.5 Å². The van der Waals surface area contributed by atoms with Gasteiger partial charge in [-0.3, -0.25) is 4.79 Å². The first kappa shape index (κ1) is 23.5. The van der Waals surface area contributed by atoms with Gasteiger partial charge in [0, 0.05) is 37.4 Å². The molecule has 178 valence electrons. The Hall–Kier alpha value is -2.69. The number of nitrogens with zero attached hydrogens (tertiary/aromatic N) is 3. The lowest BCUT2D eigenvalue weighted by atomic mass is 10.1. The molecule has 0 radical (unpaired) electrons. The molecular weight excluding hydrogens is 444 g/mol. The Balaban J connectivity index is 1.62. The Labute approximate surface area is 194 Å². The summed E-state index contributed by atoms with van der Waals surface area (Å²) in [7, 11) is -2.39. The first-order valence-electron chi connectivity index (χ1n) is 11.2. The molecule has 9 nitrogen and oxygen atoms in total. The molecule has 1 aromatic carbocycles. The largest absolute Gasteiger partial charge is 0.495 e. The lowest BCUT2D eigenvalue weighted by Crippen LogP contribution is -2.42. The second-order valence-corrected chi connectivity index (χ2v) is 10.1. The second-order valence-electron chi connectivity index (χ2n) is 8.25. The maximum atomic E-state index is 13.5. The van der Waals surface area contributed by atoms with Gasteiger partial charge >= 0.3 is 0 Å². The summed E-state index contributed by atoms with van der Waals surface area (Å²) in [6.45, 7) is 4.92. The smallest absolute Gasteiger partial charge is 0.255 e. The van der Waals surface area contributed by atoms with Gasteiger partial charge in [-0.2, -0.15) is 4.31 Å². The molecule has 4 rings (SSSR count). The topological polar surface area (TPSA) is 101 Å². The molecule has 0 saturated carbocycles. The summed E-state index contributed by atoms with van der Waals surface area (Å²) < 4.78 is 39.2. The van der Waals surface area contributed by atoms with Crippen molar-refractivity contribution in [3.63, 3.8) is 0 Å². The molecule has 3 heterocycles. The summed E-state index contributed by atoms with van der Waals surface area (Å²) in [5, 5.41) is 2.90. The first-order valence-corrected chi connectivity index (χ1v) is 12.6. The van der Waals surface area contributed by atoms with E-state index in [0.717, 1.165) is 19.3 Å². The van der Waals surface area contributed by atoms with E-state index in [1.165, 1.54) is 23.5 Å². The molecule has 2 fully saturated rings. The maximum Gasteiger partial charge on any atom is 0.255 e. The third kappa shape index (κ3) is 4.97. The predicted octanol–water partition coefficient (Wildman–Crippen LogP) is 2.74. The zero-order chi connectivity index (χ0) is 23.4. The Kier molecular flexibility index (Phi) is 7.16. The molecule has 1 N–H and O–H groups in total. The number of aromatic nitrogens is 1. The van der Waals surface area contributed by atoms with E-state index in [9.17, 15) is 13.2 Å². The Morgan fingerprint density at radius 1 is 1.18 bits per heavy atom. The van der Waals surface area contributed by atoms with Crippen LogP contribution in [0.4, 0.5) is 11.5 Å². The number of pyridine rings is 1.